The molecule has 0 saturated carbocycles. The molecule has 0 unspecified atom stereocenters. The zero-order chi connectivity index (χ0) is 8.10. The molecule has 1 rings (SSSR count). The fraction of sp³-hybridized carbons (Fsp3) is 0. The Morgan fingerprint density at radius 3 is 2.45 bits per heavy atom. The number of carbonyl (C=O) groups excluding carboxylic acids is 1. The van der Waals surface area contributed by atoms with Gasteiger partial charge in [-0.3, -0.25) is 4.79 Å². The lowest BCUT2D eigenvalue weighted by Gasteiger charge is -1.95. The summed E-state index contributed by atoms with van der Waals surface area (Å²) in [5.41, 5.74) is 0.767. The fourth-order valence-corrected chi connectivity index (χ4v) is 0.685. The highest BCUT2D eigenvalue weighted by Crippen LogP contribution is 2.09. The van der Waals surface area contributed by atoms with Crippen LogP contribution < -0.4 is 4.74 Å². The van der Waals surface area contributed by atoms with Crippen molar-refractivity contribution in [3.05, 3.63) is 29.8 Å². The highest BCUT2D eigenvalue weighted by molar-refractivity contribution is 5.46. The quantitative estimate of drug-likeness (QED) is 0.463. The molecule has 0 aliphatic heterocycles. The van der Waals surface area contributed by atoms with E-state index in [0.29, 0.717) is 12.2 Å². The first-order valence-electron chi connectivity index (χ1n) is 3.04. The molecule has 0 fully saturated rings. The SMILES string of the molecule is C#Cc1ccc(OC=O)cc1. The fourth-order valence-electron chi connectivity index (χ4n) is 0.685. The van der Waals surface area contributed by atoms with Crippen molar-refractivity contribution in [2.24, 2.45) is 0 Å². The van der Waals surface area contributed by atoms with Crippen molar-refractivity contribution in [3.63, 3.8) is 0 Å². The second-order valence-corrected chi connectivity index (χ2v) is 1.88. The van der Waals surface area contributed by atoms with Crippen LogP contribution in [0.2, 0.25) is 0 Å². The van der Waals surface area contributed by atoms with Crippen LogP contribution in [0.15, 0.2) is 24.3 Å². The van der Waals surface area contributed by atoms with Crippen LogP contribution in [0.1, 0.15) is 5.56 Å². The van der Waals surface area contributed by atoms with Gasteiger partial charge in [-0.15, -0.1) is 6.42 Å². The molecule has 0 amide bonds. The summed E-state index contributed by atoms with van der Waals surface area (Å²) < 4.78 is 4.56. The van der Waals surface area contributed by atoms with E-state index in [1.165, 1.54) is 0 Å². The van der Waals surface area contributed by atoms with Gasteiger partial charge in [-0.1, -0.05) is 5.92 Å². The van der Waals surface area contributed by atoms with Crippen molar-refractivity contribution in [1.82, 2.24) is 0 Å². The molecular formula is C9H6O2. The maximum Gasteiger partial charge on any atom is 0.298 e. The summed E-state index contributed by atoms with van der Waals surface area (Å²) in [4.78, 5) is 9.87. The maximum absolute atomic E-state index is 9.87. The molecular weight excluding hydrogens is 140 g/mol. The third-order valence-corrected chi connectivity index (χ3v) is 1.21. The Kier molecular flexibility index (Phi) is 2.29. The van der Waals surface area contributed by atoms with Gasteiger partial charge in [0.1, 0.15) is 5.75 Å². The Morgan fingerprint density at radius 2 is 2.00 bits per heavy atom. The molecule has 0 N–H and O–H groups in total. The van der Waals surface area contributed by atoms with Crippen molar-refractivity contribution in [2.75, 3.05) is 0 Å². The molecule has 0 aliphatic rings. The predicted octanol–water partition coefficient (Wildman–Crippen LogP) is 1.20. The number of hydrogen-bond donors (Lipinski definition) is 0. The van der Waals surface area contributed by atoms with Crippen LogP contribution in [0.5, 0.6) is 5.75 Å². The van der Waals surface area contributed by atoms with Crippen LogP contribution in [0.4, 0.5) is 0 Å². The third-order valence-electron chi connectivity index (χ3n) is 1.21. The third kappa shape index (κ3) is 1.84. The van der Waals surface area contributed by atoms with Crippen LogP contribution in [0.3, 0.4) is 0 Å². The lowest BCUT2D eigenvalue weighted by Crippen LogP contribution is -1.87. The molecule has 1 aromatic carbocycles. The molecule has 0 heterocycles. The molecule has 0 aromatic heterocycles. The van der Waals surface area contributed by atoms with Gasteiger partial charge in [0.2, 0.25) is 0 Å². The second kappa shape index (κ2) is 3.43. The Bertz CT molecular complexity index is 279. The van der Waals surface area contributed by atoms with Gasteiger partial charge in [0, 0.05) is 5.56 Å². The van der Waals surface area contributed by atoms with Crippen molar-refractivity contribution in [1.29, 1.82) is 0 Å². The molecule has 0 atom stereocenters. The summed E-state index contributed by atoms with van der Waals surface area (Å²) >= 11 is 0. The smallest absolute Gasteiger partial charge is 0.298 e. The number of terminal acetylenes is 1. The number of rotatable bonds is 2. The number of carbonyl (C=O) groups is 1. The van der Waals surface area contributed by atoms with E-state index in [4.69, 9.17) is 6.42 Å². The van der Waals surface area contributed by atoms with E-state index in [1.54, 1.807) is 24.3 Å². The second-order valence-electron chi connectivity index (χ2n) is 1.88. The molecule has 0 radical (unpaired) electrons. The minimum absolute atomic E-state index is 0.380. The van der Waals surface area contributed by atoms with E-state index in [0.717, 1.165) is 5.56 Å². The Balaban J connectivity index is 2.84. The largest absolute Gasteiger partial charge is 0.429 e. The molecule has 2 nitrogen and oxygen atoms in total. The number of hydrogen-bond acceptors (Lipinski definition) is 2. The highest BCUT2D eigenvalue weighted by Gasteiger charge is 1.90. The van der Waals surface area contributed by atoms with E-state index >= 15 is 0 Å². The summed E-state index contributed by atoms with van der Waals surface area (Å²) in [7, 11) is 0. The van der Waals surface area contributed by atoms with Gasteiger partial charge in [0.15, 0.2) is 0 Å². The minimum atomic E-state index is 0.380. The molecule has 1 aromatic rings. The van der Waals surface area contributed by atoms with E-state index in [2.05, 4.69) is 10.7 Å². The molecule has 0 spiro atoms. The van der Waals surface area contributed by atoms with Gasteiger partial charge < -0.3 is 4.74 Å². The Morgan fingerprint density at radius 1 is 1.36 bits per heavy atom. The van der Waals surface area contributed by atoms with Gasteiger partial charge in [0.05, 0.1) is 0 Å². The standard InChI is InChI=1S/C9H6O2/c1-2-8-3-5-9(6-4-8)11-7-10/h1,3-7H. The van der Waals surface area contributed by atoms with E-state index in [9.17, 15) is 4.79 Å². The molecule has 11 heavy (non-hydrogen) atoms. The lowest BCUT2D eigenvalue weighted by atomic mass is 10.2. The first-order chi connectivity index (χ1) is 5.36. The van der Waals surface area contributed by atoms with Crippen molar-refractivity contribution in [2.45, 2.75) is 0 Å². The summed E-state index contributed by atoms with van der Waals surface area (Å²) in [5.74, 6) is 2.95. The zero-order valence-corrected chi connectivity index (χ0v) is 5.78. The average molecular weight is 146 g/mol. The van der Waals surface area contributed by atoms with Gasteiger partial charge in [0.25, 0.3) is 6.47 Å². The number of benzene rings is 1. The van der Waals surface area contributed by atoms with Crippen molar-refractivity contribution >= 4 is 6.47 Å². The molecule has 0 aliphatic carbocycles. The summed E-state index contributed by atoms with van der Waals surface area (Å²) in [6.45, 7) is 0.380. The van der Waals surface area contributed by atoms with Crippen molar-refractivity contribution in [3.8, 4) is 18.1 Å². The van der Waals surface area contributed by atoms with Gasteiger partial charge in [-0.25, -0.2) is 0 Å². The Labute approximate surface area is 64.8 Å². The van der Waals surface area contributed by atoms with Crippen LogP contribution >= 0.6 is 0 Å². The summed E-state index contributed by atoms with van der Waals surface area (Å²) in [6.07, 6.45) is 5.11. The van der Waals surface area contributed by atoms with E-state index < -0.39 is 0 Å². The maximum atomic E-state index is 9.87. The topological polar surface area (TPSA) is 26.3 Å². The van der Waals surface area contributed by atoms with Crippen molar-refractivity contribution < 1.29 is 9.53 Å². The summed E-state index contributed by atoms with van der Waals surface area (Å²) in [6, 6.07) is 6.70. The molecule has 2 heteroatoms. The first kappa shape index (κ1) is 7.36. The van der Waals surface area contributed by atoms with Crippen LogP contribution in [0.25, 0.3) is 0 Å². The summed E-state index contributed by atoms with van der Waals surface area (Å²) in [5, 5.41) is 0. The normalized spacial score (nSPS) is 8.27. The number of ether oxygens (including phenoxy) is 1. The van der Waals surface area contributed by atoms with Gasteiger partial charge in [-0.05, 0) is 24.3 Å². The monoisotopic (exact) mass is 146 g/mol. The lowest BCUT2D eigenvalue weighted by molar-refractivity contribution is -0.120. The molecule has 0 bridgehead atoms. The van der Waals surface area contributed by atoms with Gasteiger partial charge in [-0.2, -0.15) is 0 Å². The molecule has 0 saturated heterocycles. The van der Waals surface area contributed by atoms with Crippen LogP contribution in [-0.2, 0) is 4.79 Å². The zero-order valence-electron chi connectivity index (χ0n) is 5.78. The molecule has 54 valence electrons. The first-order valence-corrected chi connectivity index (χ1v) is 3.04. The van der Waals surface area contributed by atoms with E-state index in [-0.39, 0.29) is 0 Å². The average Bonchev–Trinajstić information content (AvgIpc) is 2.07. The van der Waals surface area contributed by atoms with E-state index in [1.807, 2.05) is 0 Å². The predicted molar refractivity (Wildman–Crippen MR) is 41.1 cm³/mol. The van der Waals surface area contributed by atoms with Gasteiger partial charge >= 0.3 is 0 Å². The highest BCUT2D eigenvalue weighted by atomic mass is 16.5. The minimum Gasteiger partial charge on any atom is -0.429 e. The Hall–Kier alpha value is -1.75. The van der Waals surface area contributed by atoms with Crippen LogP contribution in [0, 0.1) is 12.3 Å². The van der Waals surface area contributed by atoms with Crippen LogP contribution in [-0.4, -0.2) is 6.47 Å².